The number of amides is 1. The van der Waals surface area contributed by atoms with Crippen LogP contribution in [0.3, 0.4) is 0 Å². The number of halogens is 1. The Morgan fingerprint density at radius 3 is 2.50 bits per heavy atom. The van der Waals surface area contributed by atoms with Crippen LogP contribution in [0.25, 0.3) is 0 Å². The monoisotopic (exact) mass is 380 g/mol. The first-order valence-corrected chi connectivity index (χ1v) is 9.42. The SMILES string of the molecule is N#Cc1c(F)cccc1C1(O)CC2CCC(C1)N2C(=O)OCc1ccccc1. The van der Waals surface area contributed by atoms with E-state index in [4.69, 9.17) is 4.74 Å². The van der Waals surface area contributed by atoms with Crippen LogP contribution >= 0.6 is 0 Å². The van der Waals surface area contributed by atoms with Crippen molar-refractivity contribution in [1.82, 2.24) is 4.90 Å². The zero-order valence-electron chi connectivity index (χ0n) is 15.3. The van der Waals surface area contributed by atoms with Crippen molar-refractivity contribution in [1.29, 1.82) is 5.26 Å². The number of nitriles is 1. The lowest BCUT2D eigenvalue weighted by Crippen LogP contribution is -2.52. The molecule has 28 heavy (non-hydrogen) atoms. The van der Waals surface area contributed by atoms with E-state index in [1.54, 1.807) is 11.0 Å². The van der Waals surface area contributed by atoms with Gasteiger partial charge in [-0.3, -0.25) is 0 Å². The normalized spacial score (nSPS) is 26.0. The van der Waals surface area contributed by atoms with Gasteiger partial charge in [0, 0.05) is 30.5 Å². The fourth-order valence-electron chi connectivity index (χ4n) is 4.56. The highest BCUT2D eigenvalue weighted by Crippen LogP contribution is 2.46. The molecule has 0 spiro atoms. The van der Waals surface area contributed by atoms with Crippen LogP contribution in [0.1, 0.15) is 42.4 Å². The summed E-state index contributed by atoms with van der Waals surface area (Å²) in [5, 5.41) is 20.6. The third-order valence-corrected chi connectivity index (χ3v) is 5.81. The summed E-state index contributed by atoms with van der Waals surface area (Å²) in [7, 11) is 0. The standard InChI is InChI=1S/C22H21FN2O3/c23-20-8-4-7-19(18(20)13-24)22(27)11-16-9-10-17(12-22)25(16)21(26)28-14-15-5-2-1-3-6-15/h1-8,16-17,27H,9-12,14H2. The third-order valence-electron chi connectivity index (χ3n) is 5.81. The van der Waals surface area contributed by atoms with Crippen molar-refractivity contribution < 1.29 is 19.0 Å². The topological polar surface area (TPSA) is 73.6 Å². The van der Waals surface area contributed by atoms with Gasteiger partial charge in [0.15, 0.2) is 0 Å². The fourth-order valence-corrected chi connectivity index (χ4v) is 4.56. The van der Waals surface area contributed by atoms with E-state index in [1.807, 2.05) is 36.4 Å². The van der Waals surface area contributed by atoms with Crippen molar-refractivity contribution in [2.24, 2.45) is 0 Å². The summed E-state index contributed by atoms with van der Waals surface area (Å²) in [5.41, 5.74) is -0.223. The molecule has 2 aromatic rings. The molecule has 2 heterocycles. The molecule has 1 N–H and O–H groups in total. The van der Waals surface area contributed by atoms with Gasteiger partial charge in [0.05, 0.1) is 11.2 Å². The lowest BCUT2D eigenvalue weighted by atomic mass is 9.78. The van der Waals surface area contributed by atoms with Gasteiger partial charge < -0.3 is 14.7 Å². The molecule has 0 aliphatic carbocycles. The van der Waals surface area contributed by atoms with E-state index in [9.17, 15) is 19.6 Å². The second kappa shape index (κ2) is 7.25. The summed E-state index contributed by atoms with van der Waals surface area (Å²) >= 11 is 0. The molecule has 1 amide bonds. The molecule has 2 aliphatic heterocycles. The molecule has 2 aromatic carbocycles. The van der Waals surface area contributed by atoms with Crippen LogP contribution in [0.15, 0.2) is 48.5 Å². The molecule has 2 bridgehead atoms. The Balaban J connectivity index is 1.51. The lowest BCUT2D eigenvalue weighted by molar-refractivity contribution is -0.0540. The number of nitrogens with zero attached hydrogens (tertiary/aromatic N) is 2. The second-order valence-corrected chi connectivity index (χ2v) is 7.55. The van der Waals surface area contributed by atoms with Gasteiger partial charge in [-0.2, -0.15) is 5.26 Å². The minimum Gasteiger partial charge on any atom is -0.445 e. The third kappa shape index (κ3) is 3.23. The average molecular weight is 380 g/mol. The lowest BCUT2D eigenvalue weighted by Gasteiger charge is -2.43. The predicted molar refractivity (Wildman–Crippen MR) is 99.5 cm³/mol. The van der Waals surface area contributed by atoms with Crippen molar-refractivity contribution in [2.75, 3.05) is 0 Å². The number of piperidine rings is 1. The number of hydrogen-bond acceptors (Lipinski definition) is 4. The van der Waals surface area contributed by atoms with Crippen molar-refractivity contribution >= 4 is 6.09 Å². The van der Waals surface area contributed by atoms with Crippen LogP contribution in [0, 0.1) is 17.1 Å². The number of aliphatic hydroxyl groups is 1. The Labute approximate surface area is 163 Å². The van der Waals surface area contributed by atoms with Crippen molar-refractivity contribution in [2.45, 2.75) is 50.0 Å². The Hall–Kier alpha value is -2.91. The maximum absolute atomic E-state index is 14.0. The largest absolute Gasteiger partial charge is 0.445 e. The van der Waals surface area contributed by atoms with Crippen molar-refractivity contribution in [3.05, 3.63) is 71.0 Å². The van der Waals surface area contributed by atoms with Gasteiger partial charge in [0.1, 0.15) is 18.5 Å². The quantitative estimate of drug-likeness (QED) is 0.878. The first kappa shape index (κ1) is 18.5. The summed E-state index contributed by atoms with van der Waals surface area (Å²) in [6, 6.07) is 15.3. The molecular formula is C22H21FN2O3. The number of ether oxygens (including phenoxy) is 1. The highest BCUT2D eigenvalue weighted by molar-refractivity contribution is 5.69. The number of hydrogen-bond donors (Lipinski definition) is 1. The number of fused-ring (bicyclic) bond motifs is 2. The summed E-state index contributed by atoms with van der Waals surface area (Å²) in [6.07, 6.45) is 1.65. The Bertz CT molecular complexity index is 911. The van der Waals surface area contributed by atoms with E-state index in [0.717, 1.165) is 18.4 Å². The Morgan fingerprint density at radius 2 is 1.86 bits per heavy atom. The molecule has 2 saturated heterocycles. The van der Waals surface area contributed by atoms with Gasteiger partial charge in [-0.25, -0.2) is 9.18 Å². The molecule has 2 unspecified atom stereocenters. The Kier molecular flexibility index (Phi) is 4.78. The number of carbonyl (C=O) groups excluding carboxylic acids is 1. The maximum Gasteiger partial charge on any atom is 0.410 e. The van der Waals surface area contributed by atoms with Crippen molar-refractivity contribution in [3.63, 3.8) is 0 Å². The molecule has 0 aromatic heterocycles. The molecule has 2 aliphatic rings. The Morgan fingerprint density at radius 1 is 1.18 bits per heavy atom. The summed E-state index contributed by atoms with van der Waals surface area (Å²) in [4.78, 5) is 14.4. The van der Waals surface area contributed by atoms with Gasteiger partial charge in [-0.05, 0) is 24.5 Å². The summed E-state index contributed by atoms with van der Waals surface area (Å²) in [5.74, 6) is -0.634. The predicted octanol–water partition coefficient (Wildman–Crippen LogP) is 3.85. The average Bonchev–Trinajstić information content (AvgIpc) is 2.99. The van der Waals surface area contributed by atoms with E-state index in [1.165, 1.54) is 12.1 Å². The van der Waals surface area contributed by atoms with E-state index in [2.05, 4.69) is 0 Å². The molecule has 2 fully saturated rings. The van der Waals surface area contributed by atoms with Crippen molar-refractivity contribution in [3.8, 4) is 6.07 Å². The number of carbonyl (C=O) groups is 1. The molecule has 144 valence electrons. The molecule has 6 heteroatoms. The van der Waals surface area contributed by atoms with Gasteiger partial charge in [-0.1, -0.05) is 42.5 Å². The molecular weight excluding hydrogens is 359 g/mol. The highest BCUT2D eigenvalue weighted by Gasteiger charge is 2.51. The van der Waals surface area contributed by atoms with Crippen LogP contribution < -0.4 is 0 Å². The first-order chi connectivity index (χ1) is 13.5. The summed E-state index contributed by atoms with van der Waals surface area (Å²) < 4.78 is 19.5. The second-order valence-electron chi connectivity index (χ2n) is 7.55. The number of rotatable bonds is 3. The molecule has 0 saturated carbocycles. The van der Waals surface area contributed by atoms with E-state index in [0.29, 0.717) is 5.56 Å². The number of benzene rings is 2. The van der Waals surface area contributed by atoms with Gasteiger partial charge >= 0.3 is 6.09 Å². The fraction of sp³-hybridized carbons (Fsp3) is 0.364. The van der Waals surface area contributed by atoms with Gasteiger partial charge in [0.25, 0.3) is 0 Å². The maximum atomic E-state index is 14.0. The molecule has 4 rings (SSSR count). The zero-order valence-corrected chi connectivity index (χ0v) is 15.3. The molecule has 5 nitrogen and oxygen atoms in total. The van der Waals surface area contributed by atoms with E-state index in [-0.39, 0.29) is 37.1 Å². The first-order valence-electron chi connectivity index (χ1n) is 9.42. The van der Waals surface area contributed by atoms with Crippen LogP contribution in [0.4, 0.5) is 9.18 Å². The van der Waals surface area contributed by atoms with Gasteiger partial charge in [-0.15, -0.1) is 0 Å². The minimum absolute atomic E-state index is 0.121. The van der Waals surface area contributed by atoms with Crippen LogP contribution in [0.5, 0.6) is 0 Å². The molecule has 0 radical (unpaired) electrons. The highest BCUT2D eigenvalue weighted by atomic mass is 19.1. The van der Waals surface area contributed by atoms with Crippen LogP contribution in [-0.4, -0.2) is 28.2 Å². The van der Waals surface area contributed by atoms with Gasteiger partial charge in [0.2, 0.25) is 0 Å². The minimum atomic E-state index is -1.32. The molecule has 2 atom stereocenters. The smallest absolute Gasteiger partial charge is 0.410 e. The zero-order chi connectivity index (χ0) is 19.7. The van der Waals surface area contributed by atoms with Crippen LogP contribution in [-0.2, 0) is 16.9 Å². The van der Waals surface area contributed by atoms with E-state index >= 15 is 0 Å². The summed E-state index contributed by atoms with van der Waals surface area (Å²) in [6.45, 7) is 0.197. The van der Waals surface area contributed by atoms with Crippen LogP contribution in [0.2, 0.25) is 0 Å². The van der Waals surface area contributed by atoms with E-state index < -0.39 is 17.5 Å².